The van der Waals surface area contributed by atoms with Crippen LogP contribution in [0.25, 0.3) is 0 Å². The van der Waals surface area contributed by atoms with Gasteiger partial charge in [0.15, 0.2) is 6.10 Å². The van der Waals surface area contributed by atoms with Crippen molar-refractivity contribution in [3.63, 3.8) is 0 Å². The number of carbonyl (C=O) groups excluding carboxylic acids is 1. The molecule has 1 amide bonds. The lowest BCUT2D eigenvalue weighted by molar-refractivity contribution is -0.148. The lowest BCUT2D eigenvalue weighted by Crippen LogP contribution is -2.38. The minimum Gasteiger partial charge on any atom is -0.479 e. The van der Waals surface area contributed by atoms with Crippen LogP contribution in [-0.2, 0) is 19.1 Å². The number of hydrogen-bond acceptors (Lipinski definition) is 4. The Morgan fingerprint density at radius 2 is 2.35 bits per heavy atom. The van der Waals surface area contributed by atoms with Crippen molar-refractivity contribution in [1.82, 2.24) is 5.32 Å². The van der Waals surface area contributed by atoms with Crippen molar-refractivity contribution in [2.45, 2.75) is 37.9 Å². The molecule has 0 saturated carbocycles. The SMILES string of the molecule is COC(CNC(=O)CCC1CCCO1)C(=O)O. The van der Waals surface area contributed by atoms with Crippen molar-refractivity contribution in [2.24, 2.45) is 0 Å². The van der Waals surface area contributed by atoms with Gasteiger partial charge >= 0.3 is 5.97 Å². The van der Waals surface area contributed by atoms with Crippen LogP contribution in [0.5, 0.6) is 0 Å². The van der Waals surface area contributed by atoms with Crippen LogP contribution in [0.3, 0.4) is 0 Å². The summed E-state index contributed by atoms with van der Waals surface area (Å²) in [5.74, 6) is -1.24. The number of aliphatic carboxylic acids is 1. The molecule has 0 aromatic heterocycles. The Labute approximate surface area is 100 Å². The molecule has 0 aromatic rings. The van der Waals surface area contributed by atoms with E-state index in [1.165, 1.54) is 7.11 Å². The molecule has 0 aliphatic carbocycles. The Hall–Kier alpha value is -1.14. The molecule has 2 unspecified atom stereocenters. The van der Waals surface area contributed by atoms with E-state index < -0.39 is 12.1 Å². The Balaban J connectivity index is 2.13. The number of hydrogen-bond donors (Lipinski definition) is 2. The molecule has 17 heavy (non-hydrogen) atoms. The second-order valence-corrected chi connectivity index (χ2v) is 4.04. The average Bonchev–Trinajstić information content (AvgIpc) is 2.79. The molecule has 0 aromatic carbocycles. The molecule has 0 spiro atoms. The largest absolute Gasteiger partial charge is 0.479 e. The molecule has 2 atom stereocenters. The van der Waals surface area contributed by atoms with E-state index in [-0.39, 0.29) is 18.6 Å². The summed E-state index contributed by atoms with van der Waals surface area (Å²) in [6, 6.07) is 0. The number of carboxylic acids is 1. The first kappa shape index (κ1) is 13.9. The fourth-order valence-corrected chi connectivity index (χ4v) is 1.73. The summed E-state index contributed by atoms with van der Waals surface area (Å²) in [4.78, 5) is 22.0. The Bertz CT molecular complexity index is 263. The van der Waals surface area contributed by atoms with Crippen LogP contribution in [0, 0.1) is 0 Å². The van der Waals surface area contributed by atoms with Crippen molar-refractivity contribution >= 4 is 11.9 Å². The summed E-state index contributed by atoms with van der Waals surface area (Å²) in [6.45, 7) is 0.771. The van der Waals surface area contributed by atoms with Gasteiger partial charge in [0.1, 0.15) is 0 Å². The Morgan fingerprint density at radius 1 is 1.59 bits per heavy atom. The summed E-state index contributed by atoms with van der Waals surface area (Å²) in [6.07, 6.45) is 2.30. The monoisotopic (exact) mass is 245 g/mol. The molecule has 1 rings (SSSR count). The zero-order chi connectivity index (χ0) is 12.7. The second-order valence-electron chi connectivity index (χ2n) is 4.04. The van der Waals surface area contributed by atoms with Crippen LogP contribution in [0.1, 0.15) is 25.7 Å². The van der Waals surface area contributed by atoms with E-state index in [9.17, 15) is 9.59 Å². The van der Waals surface area contributed by atoms with E-state index in [2.05, 4.69) is 5.32 Å². The smallest absolute Gasteiger partial charge is 0.334 e. The van der Waals surface area contributed by atoms with E-state index in [1.807, 2.05) is 0 Å². The Morgan fingerprint density at radius 3 is 2.88 bits per heavy atom. The lowest BCUT2D eigenvalue weighted by atomic mass is 10.1. The molecule has 1 aliphatic heterocycles. The molecule has 6 heteroatoms. The molecule has 1 fully saturated rings. The van der Waals surface area contributed by atoms with Gasteiger partial charge in [0.25, 0.3) is 0 Å². The molecular formula is C11H19NO5. The molecule has 1 aliphatic rings. The van der Waals surface area contributed by atoms with Gasteiger partial charge in [-0.05, 0) is 19.3 Å². The molecular weight excluding hydrogens is 226 g/mol. The van der Waals surface area contributed by atoms with Gasteiger partial charge in [-0.15, -0.1) is 0 Å². The second kappa shape index (κ2) is 7.24. The number of methoxy groups -OCH3 is 1. The maximum atomic E-state index is 11.4. The molecule has 0 radical (unpaired) electrons. The number of carboxylic acid groups (broad SMARTS) is 1. The van der Waals surface area contributed by atoms with Crippen LogP contribution >= 0.6 is 0 Å². The van der Waals surface area contributed by atoms with E-state index in [4.69, 9.17) is 14.6 Å². The first-order chi connectivity index (χ1) is 8.13. The molecule has 2 N–H and O–H groups in total. The first-order valence-corrected chi connectivity index (χ1v) is 5.77. The summed E-state index contributed by atoms with van der Waals surface area (Å²) in [5, 5.41) is 11.2. The number of ether oxygens (including phenoxy) is 2. The van der Waals surface area contributed by atoms with E-state index >= 15 is 0 Å². The topological polar surface area (TPSA) is 84.9 Å². The highest BCUT2D eigenvalue weighted by atomic mass is 16.5. The highest BCUT2D eigenvalue weighted by Crippen LogP contribution is 2.16. The maximum absolute atomic E-state index is 11.4. The van der Waals surface area contributed by atoms with E-state index in [1.54, 1.807) is 0 Å². The van der Waals surface area contributed by atoms with Crippen LogP contribution in [0.2, 0.25) is 0 Å². The quantitative estimate of drug-likeness (QED) is 0.667. The molecule has 6 nitrogen and oxygen atoms in total. The van der Waals surface area contributed by atoms with Gasteiger partial charge in [0.05, 0.1) is 12.6 Å². The molecule has 1 saturated heterocycles. The fourth-order valence-electron chi connectivity index (χ4n) is 1.73. The van der Waals surface area contributed by atoms with Crippen molar-refractivity contribution < 1.29 is 24.2 Å². The number of rotatable bonds is 7. The molecule has 0 bridgehead atoms. The zero-order valence-electron chi connectivity index (χ0n) is 9.98. The zero-order valence-corrected chi connectivity index (χ0v) is 9.98. The van der Waals surface area contributed by atoms with Crippen LogP contribution < -0.4 is 5.32 Å². The predicted molar refractivity (Wildman–Crippen MR) is 59.7 cm³/mol. The first-order valence-electron chi connectivity index (χ1n) is 5.77. The van der Waals surface area contributed by atoms with Crippen molar-refractivity contribution in [1.29, 1.82) is 0 Å². The fraction of sp³-hybridized carbons (Fsp3) is 0.818. The van der Waals surface area contributed by atoms with Crippen LogP contribution in [0.15, 0.2) is 0 Å². The van der Waals surface area contributed by atoms with Gasteiger partial charge in [-0.1, -0.05) is 0 Å². The maximum Gasteiger partial charge on any atom is 0.334 e. The van der Waals surface area contributed by atoms with Gasteiger partial charge in [-0.25, -0.2) is 4.79 Å². The van der Waals surface area contributed by atoms with Crippen LogP contribution in [0.4, 0.5) is 0 Å². The standard InChI is InChI=1S/C11H19NO5/c1-16-9(11(14)15)7-12-10(13)5-4-8-3-2-6-17-8/h8-9H,2-7H2,1H3,(H,12,13)(H,14,15). The summed E-state index contributed by atoms with van der Waals surface area (Å²) < 4.78 is 10.1. The van der Waals surface area contributed by atoms with Crippen molar-refractivity contribution in [2.75, 3.05) is 20.3 Å². The number of nitrogens with one attached hydrogen (secondary N) is 1. The average molecular weight is 245 g/mol. The third-order valence-corrected chi connectivity index (χ3v) is 2.76. The van der Waals surface area contributed by atoms with Crippen LogP contribution in [-0.4, -0.2) is 49.5 Å². The van der Waals surface area contributed by atoms with Gasteiger partial charge in [0, 0.05) is 20.1 Å². The minimum absolute atomic E-state index is 0.00378. The summed E-state index contributed by atoms with van der Waals surface area (Å²) in [7, 11) is 1.30. The number of amides is 1. The van der Waals surface area contributed by atoms with Gasteiger partial charge in [-0.2, -0.15) is 0 Å². The highest BCUT2D eigenvalue weighted by molar-refractivity contribution is 5.78. The highest BCUT2D eigenvalue weighted by Gasteiger charge is 2.19. The van der Waals surface area contributed by atoms with Crippen molar-refractivity contribution in [3.8, 4) is 0 Å². The lowest BCUT2D eigenvalue weighted by Gasteiger charge is -2.12. The van der Waals surface area contributed by atoms with Gasteiger partial charge in [0.2, 0.25) is 5.91 Å². The third kappa shape index (κ3) is 5.14. The molecule has 1 heterocycles. The van der Waals surface area contributed by atoms with E-state index in [0.29, 0.717) is 12.8 Å². The van der Waals surface area contributed by atoms with E-state index in [0.717, 1.165) is 19.4 Å². The number of carbonyl (C=O) groups is 2. The summed E-state index contributed by atoms with van der Waals surface area (Å²) in [5.41, 5.74) is 0. The normalized spacial score (nSPS) is 21.1. The van der Waals surface area contributed by atoms with Crippen molar-refractivity contribution in [3.05, 3.63) is 0 Å². The predicted octanol–water partition coefficient (Wildman–Crippen LogP) is 0.161. The summed E-state index contributed by atoms with van der Waals surface area (Å²) >= 11 is 0. The molecule has 98 valence electrons. The third-order valence-electron chi connectivity index (χ3n) is 2.76. The van der Waals surface area contributed by atoms with Gasteiger partial charge in [-0.3, -0.25) is 4.79 Å². The van der Waals surface area contributed by atoms with Gasteiger partial charge < -0.3 is 19.9 Å². The minimum atomic E-state index is -1.08. The Kier molecular flexibility index (Phi) is 5.93.